The van der Waals surface area contributed by atoms with Crippen molar-refractivity contribution in [2.24, 2.45) is 5.90 Å². The standard InChI is InChI=1S/C14H22NO8P/c1-20-14-12(18)13(11(17)10(7-16)21-14)22-24(19,23-15)8-9-5-3-2-4-6-9/h2-6,10-14,16-18H,7-8,15H2,1H3/q+1/t10-,11+,12-,13+,14-,24?/m1/s1. The average molecular weight is 363 g/mol. The molecule has 0 aliphatic carbocycles. The zero-order valence-corrected chi connectivity index (χ0v) is 14.0. The first kappa shape index (κ1) is 19.6. The highest BCUT2D eigenvalue weighted by Gasteiger charge is 2.55. The number of methoxy groups -OCH3 is 1. The molecule has 5 N–H and O–H groups in total. The van der Waals surface area contributed by atoms with E-state index >= 15 is 0 Å². The number of rotatable bonds is 7. The number of benzene rings is 1. The van der Waals surface area contributed by atoms with Gasteiger partial charge in [-0.2, -0.15) is 10.4 Å². The molecule has 1 aromatic rings. The maximum atomic E-state index is 12.8. The molecular weight excluding hydrogens is 341 g/mol. The van der Waals surface area contributed by atoms with Crippen LogP contribution in [0.2, 0.25) is 0 Å². The maximum Gasteiger partial charge on any atom is 0.480 e. The Kier molecular flexibility index (Phi) is 7.02. The highest BCUT2D eigenvalue weighted by molar-refractivity contribution is 7.59. The molecule has 10 heteroatoms. The lowest BCUT2D eigenvalue weighted by molar-refractivity contribution is -0.291. The van der Waals surface area contributed by atoms with Crippen LogP contribution >= 0.6 is 7.94 Å². The van der Waals surface area contributed by atoms with Crippen molar-refractivity contribution in [3.63, 3.8) is 0 Å². The summed E-state index contributed by atoms with van der Waals surface area (Å²) in [6.07, 6.45) is -6.67. The van der Waals surface area contributed by atoms with Gasteiger partial charge >= 0.3 is 7.94 Å². The summed E-state index contributed by atoms with van der Waals surface area (Å²) in [6, 6.07) is 8.70. The fraction of sp³-hybridized carbons (Fsp3) is 0.571. The van der Waals surface area contributed by atoms with E-state index in [9.17, 15) is 20.2 Å². The van der Waals surface area contributed by atoms with Gasteiger partial charge in [0, 0.05) is 12.0 Å². The van der Waals surface area contributed by atoms with Crippen LogP contribution in [-0.4, -0.2) is 59.7 Å². The summed E-state index contributed by atoms with van der Waals surface area (Å²) in [6.45, 7) is -0.542. The lowest BCUT2D eigenvalue weighted by Crippen LogP contribution is -2.59. The second-order valence-electron chi connectivity index (χ2n) is 5.37. The van der Waals surface area contributed by atoms with Gasteiger partial charge in [-0.1, -0.05) is 35.0 Å². The van der Waals surface area contributed by atoms with E-state index in [4.69, 9.17) is 19.9 Å². The van der Waals surface area contributed by atoms with Crippen molar-refractivity contribution in [1.29, 1.82) is 0 Å². The van der Waals surface area contributed by atoms with Crippen molar-refractivity contribution in [3.05, 3.63) is 35.9 Å². The van der Waals surface area contributed by atoms with Crippen molar-refractivity contribution >= 4 is 7.94 Å². The molecule has 1 aromatic carbocycles. The quantitative estimate of drug-likeness (QED) is 0.383. The summed E-state index contributed by atoms with van der Waals surface area (Å²) in [5.41, 5.74) is 0.643. The van der Waals surface area contributed by atoms with Crippen LogP contribution in [0.3, 0.4) is 0 Å². The Morgan fingerprint density at radius 1 is 1.25 bits per heavy atom. The summed E-state index contributed by atoms with van der Waals surface area (Å²) >= 11 is 0. The Morgan fingerprint density at radius 3 is 2.46 bits per heavy atom. The Morgan fingerprint density at radius 2 is 1.92 bits per heavy atom. The smallest absolute Gasteiger partial charge is 0.394 e. The zero-order valence-electron chi connectivity index (χ0n) is 13.1. The first-order chi connectivity index (χ1) is 11.4. The molecule has 135 valence electrons. The van der Waals surface area contributed by atoms with E-state index < -0.39 is 45.3 Å². The van der Waals surface area contributed by atoms with Crippen LogP contribution in [-0.2, 0) is 29.7 Å². The number of hydrogen-bond donors (Lipinski definition) is 4. The van der Waals surface area contributed by atoms with Crippen LogP contribution in [0.25, 0.3) is 0 Å². The van der Waals surface area contributed by atoms with Crippen molar-refractivity contribution in [2.75, 3.05) is 13.7 Å². The zero-order chi connectivity index (χ0) is 17.7. The third-order valence-electron chi connectivity index (χ3n) is 3.72. The van der Waals surface area contributed by atoms with Crippen LogP contribution < -0.4 is 5.90 Å². The lowest BCUT2D eigenvalue weighted by Gasteiger charge is -2.40. The minimum absolute atomic E-state index is 0.150. The number of hydrogen-bond acceptors (Lipinski definition) is 8. The van der Waals surface area contributed by atoms with E-state index in [1.807, 2.05) is 0 Å². The van der Waals surface area contributed by atoms with Gasteiger partial charge < -0.3 is 24.8 Å². The molecule has 1 aliphatic rings. The van der Waals surface area contributed by atoms with Gasteiger partial charge in [0.05, 0.1) is 6.61 Å². The second kappa shape index (κ2) is 8.59. The van der Waals surface area contributed by atoms with Gasteiger partial charge in [0.15, 0.2) is 18.6 Å². The summed E-state index contributed by atoms with van der Waals surface area (Å²) in [4.78, 5) is 12.8. The van der Waals surface area contributed by atoms with Crippen molar-refractivity contribution in [3.8, 4) is 0 Å². The minimum atomic E-state index is -3.87. The van der Waals surface area contributed by atoms with Gasteiger partial charge in [0.2, 0.25) is 0 Å². The minimum Gasteiger partial charge on any atom is -0.394 e. The van der Waals surface area contributed by atoms with Gasteiger partial charge in [0.25, 0.3) is 0 Å². The molecule has 1 heterocycles. The number of aliphatic hydroxyl groups excluding tert-OH is 3. The van der Waals surface area contributed by atoms with Gasteiger partial charge in [-0.3, -0.25) is 0 Å². The fourth-order valence-corrected chi connectivity index (χ4v) is 3.94. The van der Waals surface area contributed by atoms with Gasteiger partial charge in [-0.15, -0.1) is 0 Å². The average Bonchev–Trinajstić information content (AvgIpc) is 2.60. The maximum absolute atomic E-state index is 12.8. The highest BCUT2D eigenvalue weighted by atomic mass is 31.2. The van der Waals surface area contributed by atoms with E-state index in [0.717, 1.165) is 0 Å². The molecule has 9 nitrogen and oxygen atoms in total. The molecular formula is C14H22NO8P+. The molecule has 6 atom stereocenters. The molecule has 0 saturated carbocycles. The van der Waals surface area contributed by atoms with Crippen LogP contribution in [0.5, 0.6) is 0 Å². The number of ether oxygens (including phenoxy) is 2. The van der Waals surface area contributed by atoms with Crippen LogP contribution in [0, 0.1) is 0 Å². The summed E-state index contributed by atoms with van der Waals surface area (Å²) in [5.74, 6) is 5.13. The Balaban J connectivity index is 2.17. The molecule has 1 fully saturated rings. The Hall–Kier alpha value is -0.710. The molecule has 0 amide bonds. The lowest BCUT2D eigenvalue weighted by atomic mass is 9.99. The normalized spacial score (nSPS) is 33.2. The van der Waals surface area contributed by atoms with Crippen LogP contribution in [0.15, 0.2) is 30.3 Å². The fourth-order valence-electron chi connectivity index (χ4n) is 2.46. The Labute approximate surface area is 140 Å². The van der Waals surface area contributed by atoms with Crippen LogP contribution in [0.1, 0.15) is 5.56 Å². The Bertz CT molecular complexity index is 493. The highest BCUT2D eigenvalue weighted by Crippen LogP contribution is 2.61. The van der Waals surface area contributed by atoms with E-state index in [1.54, 1.807) is 30.3 Å². The molecule has 2 rings (SSSR count). The number of aliphatic hydroxyl groups is 3. The molecule has 0 aromatic heterocycles. The van der Waals surface area contributed by atoms with E-state index in [0.29, 0.717) is 5.56 Å². The molecule has 24 heavy (non-hydrogen) atoms. The summed E-state index contributed by atoms with van der Waals surface area (Å²) in [5, 5.41) is 29.7. The van der Waals surface area contributed by atoms with Gasteiger partial charge in [-0.05, 0) is 5.56 Å². The summed E-state index contributed by atoms with van der Waals surface area (Å²) < 4.78 is 20.0. The molecule has 1 radical (unpaired) electrons. The molecule has 1 saturated heterocycles. The first-order valence-electron chi connectivity index (χ1n) is 7.29. The monoisotopic (exact) mass is 363 g/mol. The summed E-state index contributed by atoms with van der Waals surface area (Å²) in [7, 11) is -2.60. The third-order valence-corrected chi connectivity index (χ3v) is 5.35. The molecule has 0 bridgehead atoms. The molecule has 0 spiro atoms. The van der Waals surface area contributed by atoms with E-state index in [1.165, 1.54) is 7.11 Å². The van der Waals surface area contributed by atoms with Gasteiger partial charge in [-0.25, -0.2) is 0 Å². The van der Waals surface area contributed by atoms with Gasteiger partial charge in [0.1, 0.15) is 18.3 Å². The second-order valence-corrected chi connectivity index (χ2v) is 7.33. The van der Waals surface area contributed by atoms with E-state index in [2.05, 4.69) is 4.62 Å². The van der Waals surface area contributed by atoms with E-state index in [-0.39, 0.29) is 6.16 Å². The largest absolute Gasteiger partial charge is 0.480 e. The third kappa shape index (κ3) is 4.47. The SMILES string of the molecule is CO[C@@H]1O[C@H](CO)[C@H](O)[C@H](O[P+]([O])(Cc2ccccc2)ON)[C@H]1O. The first-order valence-corrected chi connectivity index (χ1v) is 9.02. The van der Waals surface area contributed by atoms with Crippen molar-refractivity contribution < 1.29 is 38.8 Å². The predicted octanol–water partition coefficient (Wildman–Crippen LogP) is -0.259. The van der Waals surface area contributed by atoms with Crippen molar-refractivity contribution in [2.45, 2.75) is 36.9 Å². The molecule has 1 aliphatic heterocycles. The topological polar surface area (TPSA) is 144 Å². The van der Waals surface area contributed by atoms with Crippen LogP contribution in [0.4, 0.5) is 0 Å². The number of nitrogens with two attached hydrogens (primary N) is 1. The predicted molar refractivity (Wildman–Crippen MR) is 82.7 cm³/mol. The van der Waals surface area contributed by atoms with Crippen molar-refractivity contribution in [1.82, 2.24) is 0 Å². The molecule has 1 unspecified atom stereocenters.